The van der Waals surface area contributed by atoms with Gasteiger partial charge in [-0.15, -0.1) is 5.10 Å². The minimum Gasteiger partial charge on any atom is -0.475 e. The first-order valence-corrected chi connectivity index (χ1v) is 13.3. The van der Waals surface area contributed by atoms with Crippen molar-refractivity contribution in [3.63, 3.8) is 0 Å². The fourth-order valence-corrected chi connectivity index (χ4v) is 5.36. The van der Waals surface area contributed by atoms with Crippen LogP contribution < -0.4 is 5.73 Å². The molecule has 15 heteroatoms. The molecule has 224 valence electrons. The van der Waals surface area contributed by atoms with Crippen molar-refractivity contribution in [2.45, 2.75) is 63.5 Å². The standard InChI is InChI=1S/C25H28ClN7O2.C2HF3O2/c1-16-12-18(8-11-35-16)33-22(34)13-25(2,29-24(33)27)20-5-3-4-19(23(20)26)21-15-32(31-30-21)14-17-6-9-28-10-7-17;3-2(4,5)1(6)7/h3-7,9-10,15-16,18H,8,11-14H2,1-2H3,(H2,27,29);(H,6,7)/t16-,18-,25-;/m0./s1. The first-order chi connectivity index (χ1) is 19.8. The Bertz CT molecular complexity index is 1470. The van der Waals surface area contributed by atoms with E-state index in [1.807, 2.05) is 50.4 Å². The predicted molar refractivity (Wildman–Crippen MR) is 146 cm³/mol. The Morgan fingerprint density at radius 1 is 1.26 bits per heavy atom. The zero-order valence-electron chi connectivity index (χ0n) is 22.8. The molecule has 3 N–H and O–H groups in total. The Morgan fingerprint density at radius 3 is 2.57 bits per heavy atom. The molecule has 0 saturated carbocycles. The summed E-state index contributed by atoms with van der Waals surface area (Å²) in [4.78, 5) is 32.7. The third-order valence-electron chi connectivity index (χ3n) is 6.92. The summed E-state index contributed by atoms with van der Waals surface area (Å²) in [5.74, 6) is -2.58. The van der Waals surface area contributed by atoms with Gasteiger partial charge in [0.1, 0.15) is 5.69 Å². The molecule has 4 heterocycles. The van der Waals surface area contributed by atoms with Crippen LogP contribution in [0.4, 0.5) is 13.2 Å². The zero-order chi connectivity index (χ0) is 30.7. The SMILES string of the molecule is C[C@H]1C[C@@H](N2C(=O)C[C@@](C)(c3cccc(-c4cn(Cc5ccncc5)nn4)c3Cl)N=C2N)CCO1.O=C(O)C(F)(F)F. The van der Waals surface area contributed by atoms with Gasteiger partial charge in [0.25, 0.3) is 0 Å². The van der Waals surface area contributed by atoms with E-state index in [1.54, 1.807) is 22.0 Å². The number of hydrogen-bond acceptors (Lipinski definition) is 8. The highest BCUT2D eigenvalue weighted by Gasteiger charge is 2.42. The minimum absolute atomic E-state index is 0.00297. The molecule has 42 heavy (non-hydrogen) atoms. The molecular weight excluding hydrogens is 579 g/mol. The number of aromatic nitrogens is 4. The number of ether oxygens (including phenoxy) is 1. The smallest absolute Gasteiger partial charge is 0.475 e. The molecule has 0 bridgehead atoms. The number of pyridine rings is 1. The van der Waals surface area contributed by atoms with E-state index < -0.39 is 17.7 Å². The molecule has 5 rings (SSSR count). The maximum atomic E-state index is 13.3. The number of nitrogens with two attached hydrogens (primary N) is 1. The average molecular weight is 608 g/mol. The summed E-state index contributed by atoms with van der Waals surface area (Å²) in [7, 11) is 0. The van der Waals surface area contributed by atoms with Gasteiger partial charge in [-0.3, -0.25) is 14.7 Å². The molecule has 0 unspecified atom stereocenters. The topological polar surface area (TPSA) is 149 Å². The van der Waals surface area contributed by atoms with Gasteiger partial charge in [0.2, 0.25) is 5.91 Å². The second-order valence-corrected chi connectivity index (χ2v) is 10.5. The molecule has 1 aromatic carbocycles. The van der Waals surface area contributed by atoms with Crippen molar-refractivity contribution in [1.82, 2.24) is 24.9 Å². The lowest BCUT2D eigenvalue weighted by molar-refractivity contribution is -0.192. The molecule has 1 amide bonds. The molecule has 0 radical (unpaired) electrons. The molecular formula is C27H29ClF3N7O4. The Labute approximate surface area is 244 Å². The number of carbonyl (C=O) groups is 2. The van der Waals surface area contributed by atoms with Gasteiger partial charge in [-0.1, -0.05) is 35.0 Å². The van der Waals surface area contributed by atoms with E-state index in [4.69, 9.17) is 37.0 Å². The summed E-state index contributed by atoms with van der Waals surface area (Å²) < 4.78 is 39.1. The number of carboxylic acids is 1. The molecule has 3 aromatic rings. The molecule has 3 atom stereocenters. The molecule has 1 saturated heterocycles. The fraction of sp³-hybridized carbons (Fsp3) is 0.407. The van der Waals surface area contributed by atoms with Crippen LogP contribution >= 0.6 is 11.6 Å². The first kappa shape index (κ1) is 30.9. The Hall–Kier alpha value is -4.04. The number of benzene rings is 1. The number of alkyl halides is 3. The van der Waals surface area contributed by atoms with Crippen LogP contribution in [-0.4, -0.2) is 72.7 Å². The summed E-state index contributed by atoms with van der Waals surface area (Å²) in [6.45, 7) is 5.08. The van der Waals surface area contributed by atoms with E-state index in [0.29, 0.717) is 23.9 Å². The number of hydrogen-bond donors (Lipinski definition) is 2. The molecule has 2 aliphatic rings. The van der Waals surface area contributed by atoms with Crippen molar-refractivity contribution >= 4 is 29.4 Å². The first-order valence-electron chi connectivity index (χ1n) is 13.0. The maximum Gasteiger partial charge on any atom is 0.490 e. The fourth-order valence-electron chi connectivity index (χ4n) is 4.93. The number of aliphatic carboxylic acids is 1. The summed E-state index contributed by atoms with van der Waals surface area (Å²) in [5, 5.41) is 16.2. The van der Waals surface area contributed by atoms with Crippen LogP contribution in [0.1, 0.15) is 44.2 Å². The molecule has 0 spiro atoms. The van der Waals surface area contributed by atoms with Gasteiger partial charge in [0, 0.05) is 30.6 Å². The highest BCUT2D eigenvalue weighted by molar-refractivity contribution is 6.34. The van der Waals surface area contributed by atoms with Crippen LogP contribution in [0, 0.1) is 0 Å². The van der Waals surface area contributed by atoms with Crippen LogP contribution in [0.3, 0.4) is 0 Å². The van der Waals surface area contributed by atoms with E-state index in [-0.39, 0.29) is 30.4 Å². The second-order valence-electron chi connectivity index (χ2n) is 10.2. The number of halogens is 4. The van der Waals surface area contributed by atoms with Crippen molar-refractivity contribution in [3.05, 3.63) is 65.1 Å². The van der Waals surface area contributed by atoms with Gasteiger partial charge < -0.3 is 15.6 Å². The highest BCUT2D eigenvalue weighted by atomic mass is 35.5. The van der Waals surface area contributed by atoms with Crippen LogP contribution in [0.2, 0.25) is 5.02 Å². The number of carboxylic acid groups (broad SMARTS) is 1. The Morgan fingerprint density at radius 2 is 1.95 bits per heavy atom. The van der Waals surface area contributed by atoms with Crippen LogP contribution in [-0.2, 0) is 26.4 Å². The van der Waals surface area contributed by atoms with E-state index in [1.165, 1.54) is 0 Å². The molecule has 2 aliphatic heterocycles. The van der Waals surface area contributed by atoms with E-state index in [9.17, 15) is 18.0 Å². The summed E-state index contributed by atoms with van der Waals surface area (Å²) in [5.41, 5.74) is 8.67. The normalized spacial score (nSPS) is 22.7. The molecule has 1 fully saturated rings. The second kappa shape index (κ2) is 12.4. The van der Waals surface area contributed by atoms with Crippen LogP contribution in [0.5, 0.6) is 0 Å². The van der Waals surface area contributed by atoms with Gasteiger partial charge in [0.15, 0.2) is 5.96 Å². The predicted octanol–water partition coefficient (Wildman–Crippen LogP) is 4.00. The van der Waals surface area contributed by atoms with Crippen LogP contribution in [0.15, 0.2) is 53.9 Å². The van der Waals surface area contributed by atoms with Crippen molar-refractivity contribution in [2.24, 2.45) is 10.7 Å². The van der Waals surface area contributed by atoms with Gasteiger partial charge in [0.05, 0.1) is 35.8 Å². The lowest BCUT2D eigenvalue weighted by atomic mass is 9.85. The van der Waals surface area contributed by atoms with Crippen molar-refractivity contribution in [2.75, 3.05) is 6.61 Å². The zero-order valence-corrected chi connectivity index (χ0v) is 23.5. The number of nitrogens with zero attached hydrogens (tertiary/aromatic N) is 6. The van der Waals surface area contributed by atoms with Gasteiger partial charge in [-0.2, -0.15) is 13.2 Å². The van der Waals surface area contributed by atoms with Gasteiger partial charge in [-0.05, 0) is 49.9 Å². The van der Waals surface area contributed by atoms with Gasteiger partial charge >= 0.3 is 12.1 Å². The largest absolute Gasteiger partial charge is 0.490 e. The summed E-state index contributed by atoms with van der Waals surface area (Å²) in [6, 6.07) is 9.54. The summed E-state index contributed by atoms with van der Waals surface area (Å²) >= 11 is 6.90. The Kier molecular flexibility index (Phi) is 9.16. The highest BCUT2D eigenvalue weighted by Crippen LogP contribution is 2.41. The quantitative estimate of drug-likeness (QED) is 0.442. The lowest BCUT2D eigenvalue weighted by Crippen LogP contribution is -2.56. The number of rotatable bonds is 5. The number of amides is 1. The number of carbonyl (C=O) groups excluding carboxylic acids is 1. The van der Waals surface area contributed by atoms with E-state index in [0.717, 1.165) is 29.5 Å². The third-order valence-corrected chi connectivity index (χ3v) is 7.33. The molecule has 11 nitrogen and oxygen atoms in total. The van der Waals surface area contributed by atoms with Crippen molar-refractivity contribution in [3.8, 4) is 11.3 Å². The van der Waals surface area contributed by atoms with Crippen molar-refractivity contribution < 1.29 is 32.6 Å². The monoisotopic (exact) mass is 607 g/mol. The van der Waals surface area contributed by atoms with E-state index >= 15 is 0 Å². The Balaban J connectivity index is 0.000000517. The maximum absolute atomic E-state index is 13.3. The number of aliphatic imine (C=N–C) groups is 1. The minimum atomic E-state index is -5.08. The lowest BCUT2D eigenvalue weighted by Gasteiger charge is -2.41. The van der Waals surface area contributed by atoms with E-state index in [2.05, 4.69) is 15.3 Å². The van der Waals surface area contributed by atoms with Gasteiger partial charge in [-0.25, -0.2) is 14.5 Å². The summed E-state index contributed by atoms with van der Waals surface area (Å²) in [6.07, 6.45) is 2.01. The molecule has 0 aliphatic carbocycles. The number of guanidine groups is 1. The van der Waals surface area contributed by atoms with Crippen molar-refractivity contribution in [1.29, 1.82) is 0 Å². The van der Waals surface area contributed by atoms with Crippen LogP contribution in [0.25, 0.3) is 11.3 Å². The molecule has 2 aromatic heterocycles. The average Bonchev–Trinajstić information content (AvgIpc) is 3.37. The third kappa shape index (κ3) is 7.05.